The summed E-state index contributed by atoms with van der Waals surface area (Å²) < 4.78 is 1.93. The van der Waals surface area contributed by atoms with Crippen LogP contribution in [0, 0.1) is 6.92 Å². The Hall–Kier alpha value is -3.09. The number of urea groups is 1. The van der Waals surface area contributed by atoms with Crippen molar-refractivity contribution in [2.24, 2.45) is 0 Å². The smallest absolute Gasteiger partial charge is 0.317 e. The molecule has 2 aromatic heterocycles. The predicted molar refractivity (Wildman–Crippen MR) is 102 cm³/mol. The highest BCUT2D eigenvalue weighted by Crippen LogP contribution is 2.29. The number of nitrogens with one attached hydrogen (secondary N) is 2. The third-order valence-electron chi connectivity index (χ3n) is 5.13. The van der Waals surface area contributed by atoms with Crippen molar-refractivity contribution in [1.29, 1.82) is 0 Å². The lowest BCUT2D eigenvalue weighted by molar-refractivity contribution is 0.181. The van der Waals surface area contributed by atoms with Gasteiger partial charge in [-0.2, -0.15) is 10.2 Å². The van der Waals surface area contributed by atoms with Gasteiger partial charge in [0.15, 0.2) is 0 Å². The molecule has 0 saturated carbocycles. The van der Waals surface area contributed by atoms with Gasteiger partial charge in [0.1, 0.15) is 0 Å². The Kier molecular flexibility index (Phi) is 4.91. The van der Waals surface area contributed by atoms with Crippen molar-refractivity contribution in [3.8, 4) is 0 Å². The van der Waals surface area contributed by atoms with Crippen LogP contribution >= 0.6 is 0 Å². The number of rotatable bonds is 5. The molecule has 7 nitrogen and oxygen atoms in total. The summed E-state index contributed by atoms with van der Waals surface area (Å²) in [7, 11) is 0. The van der Waals surface area contributed by atoms with Crippen molar-refractivity contribution in [3.63, 3.8) is 0 Å². The van der Waals surface area contributed by atoms with Gasteiger partial charge in [-0.25, -0.2) is 4.79 Å². The van der Waals surface area contributed by atoms with E-state index < -0.39 is 0 Å². The molecule has 27 heavy (non-hydrogen) atoms. The molecule has 2 N–H and O–H groups in total. The summed E-state index contributed by atoms with van der Waals surface area (Å²) in [5, 5.41) is 14.4. The van der Waals surface area contributed by atoms with E-state index >= 15 is 0 Å². The Balaban J connectivity index is 1.38. The van der Waals surface area contributed by atoms with E-state index in [1.54, 1.807) is 6.20 Å². The second kappa shape index (κ2) is 7.65. The number of fused-ring (bicyclic) bond motifs is 1. The average molecular weight is 364 g/mol. The molecule has 0 fully saturated rings. The summed E-state index contributed by atoms with van der Waals surface area (Å²) in [6, 6.07) is 10.2. The van der Waals surface area contributed by atoms with E-state index in [4.69, 9.17) is 0 Å². The quantitative estimate of drug-likeness (QED) is 0.683. The van der Waals surface area contributed by atoms with Crippen LogP contribution in [-0.4, -0.2) is 44.0 Å². The zero-order valence-corrected chi connectivity index (χ0v) is 15.4. The third kappa shape index (κ3) is 3.72. The van der Waals surface area contributed by atoms with E-state index in [9.17, 15) is 4.79 Å². The first-order chi connectivity index (χ1) is 13.2. The molecule has 0 radical (unpaired) electrons. The lowest BCUT2D eigenvalue weighted by Gasteiger charge is -2.34. The van der Waals surface area contributed by atoms with Gasteiger partial charge < -0.3 is 10.2 Å². The van der Waals surface area contributed by atoms with Gasteiger partial charge in [0.2, 0.25) is 0 Å². The van der Waals surface area contributed by atoms with Gasteiger partial charge in [-0.1, -0.05) is 24.3 Å². The fourth-order valence-electron chi connectivity index (χ4n) is 3.64. The highest BCUT2D eigenvalue weighted by Gasteiger charge is 2.29. The van der Waals surface area contributed by atoms with Crippen molar-refractivity contribution < 1.29 is 4.79 Å². The number of hydrogen-bond acceptors (Lipinski definition) is 3. The topological polar surface area (TPSA) is 78.8 Å². The number of benzene rings is 1. The van der Waals surface area contributed by atoms with Gasteiger partial charge in [0.25, 0.3) is 0 Å². The number of aromatic amines is 1. The zero-order chi connectivity index (χ0) is 18.6. The van der Waals surface area contributed by atoms with Crippen LogP contribution in [0.1, 0.15) is 34.8 Å². The van der Waals surface area contributed by atoms with Crippen molar-refractivity contribution >= 4 is 6.03 Å². The number of nitrogens with zero attached hydrogens (tertiary/aromatic N) is 4. The minimum absolute atomic E-state index is 0.0226. The Morgan fingerprint density at radius 3 is 3.00 bits per heavy atom. The molecule has 1 aliphatic rings. The summed E-state index contributed by atoms with van der Waals surface area (Å²) in [5.41, 5.74) is 4.71. The van der Waals surface area contributed by atoms with Crippen LogP contribution in [0.2, 0.25) is 0 Å². The fraction of sp³-hybridized carbons (Fsp3) is 0.350. The molecule has 1 unspecified atom stereocenters. The summed E-state index contributed by atoms with van der Waals surface area (Å²) in [6.07, 6.45) is 7.38. The summed E-state index contributed by atoms with van der Waals surface area (Å²) in [4.78, 5) is 14.6. The van der Waals surface area contributed by atoms with E-state index in [0.29, 0.717) is 19.6 Å². The molecule has 0 saturated heterocycles. The fourth-order valence-corrected chi connectivity index (χ4v) is 3.64. The van der Waals surface area contributed by atoms with Gasteiger partial charge >= 0.3 is 6.03 Å². The summed E-state index contributed by atoms with van der Waals surface area (Å²) >= 11 is 0. The van der Waals surface area contributed by atoms with Crippen molar-refractivity contribution in [3.05, 3.63) is 71.3 Å². The maximum atomic E-state index is 12.7. The molecule has 3 heterocycles. The van der Waals surface area contributed by atoms with Gasteiger partial charge in [0.05, 0.1) is 12.2 Å². The van der Waals surface area contributed by atoms with E-state index in [-0.39, 0.29) is 12.1 Å². The third-order valence-corrected chi connectivity index (χ3v) is 5.13. The first kappa shape index (κ1) is 17.3. The molecule has 1 aromatic carbocycles. The monoisotopic (exact) mass is 364 g/mol. The highest BCUT2D eigenvalue weighted by molar-refractivity contribution is 5.74. The molecule has 1 aliphatic heterocycles. The van der Waals surface area contributed by atoms with Gasteiger partial charge in [-0.05, 0) is 42.5 Å². The zero-order valence-electron chi connectivity index (χ0n) is 15.4. The Morgan fingerprint density at radius 2 is 2.22 bits per heavy atom. The molecule has 140 valence electrons. The SMILES string of the molecule is Cc1[nH]ncc1CCCNC(=O)N1Cc2ccccc2C(n2cccn2)C1. The van der Waals surface area contributed by atoms with E-state index in [2.05, 4.69) is 32.7 Å². The van der Waals surface area contributed by atoms with Crippen LogP contribution in [0.3, 0.4) is 0 Å². The molecular formula is C20H24N6O. The number of H-pyrrole nitrogens is 1. The highest BCUT2D eigenvalue weighted by atomic mass is 16.2. The van der Waals surface area contributed by atoms with Crippen LogP contribution in [0.15, 0.2) is 48.9 Å². The molecule has 1 atom stereocenters. The maximum Gasteiger partial charge on any atom is 0.317 e. The molecule has 3 aromatic rings. The first-order valence-corrected chi connectivity index (χ1v) is 9.31. The predicted octanol–water partition coefficient (Wildman–Crippen LogP) is 2.66. The number of carbonyl (C=O) groups is 1. The number of amides is 2. The van der Waals surface area contributed by atoms with Crippen LogP contribution in [0.5, 0.6) is 0 Å². The largest absolute Gasteiger partial charge is 0.338 e. The van der Waals surface area contributed by atoms with Crippen molar-refractivity contribution in [2.75, 3.05) is 13.1 Å². The minimum atomic E-state index is -0.0226. The lowest BCUT2D eigenvalue weighted by atomic mass is 9.95. The number of carbonyl (C=O) groups excluding carboxylic acids is 1. The van der Waals surface area contributed by atoms with Crippen molar-refractivity contribution in [2.45, 2.75) is 32.4 Å². The second-order valence-corrected chi connectivity index (χ2v) is 6.94. The number of aryl methyl sites for hydroxylation is 2. The van der Waals surface area contributed by atoms with E-state index in [1.165, 1.54) is 16.7 Å². The maximum absolute atomic E-state index is 12.7. The molecule has 0 aliphatic carbocycles. The summed E-state index contributed by atoms with van der Waals surface area (Å²) in [5.74, 6) is 0. The molecule has 4 rings (SSSR count). The Labute approximate surface area is 158 Å². The lowest BCUT2D eigenvalue weighted by Crippen LogP contribution is -2.45. The van der Waals surface area contributed by atoms with E-state index in [1.807, 2.05) is 47.1 Å². The van der Waals surface area contributed by atoms with Gasteiger partial charge in [-0.3, -0.25) is 9.78 Å². The number of hydrogen-bond donors (Lipinski definition) is 2. The van der Waals surface area contributed by atoms with Gasteiger partial charge in [0, 0.05) is 37.7 Å². The minimum Gasteiger partial charge on any atom is -0.338 e. The molecule has 7 heteroatoms. The van der Waals surface area contributed by atoms with E-state index in [0.717, 1.165) is 18.5 Å². The average Bonchev–Trinajstić information content (AvgIpc) is 3.36. The first-order valence-electron chi connectivity index (χ1n) is 9.31. The molecule has 0 bridgehead atoms. The molecular weight excluding hydrogens is 340 g/mol. The molecule has 2 amide bonds. The Morgan fingerprint density at radius 1 is 1.33 bits per heavy atom. The number of aromatic nitrogens is 4. The standard InChI is InChI=1S/C20H24N6O/c1-15-16(12-22-24-15)7-4-9-21-20(27)25-13-17-6-2-3-8-18(17)19(14-25)26-11-5-10-23-26/h2-3,5-6,8,10-12,19H,4,7,9,13-14H2,1H3,(H,21,27)(H,22,24). The van der Waals surface area contributed by atoms with Crippen LogP contribution < -0.4 is 5.32 Å². The normalized spacial score (nSPS) is 16.2. The van der Waals surface area contributed by atoms with Crippen LogP contribution in [0.4, 0.5) is 4.79 Å². The van der Waals surface area contributed by atoms with Crippen LogP contribution in [-0.2, 0) is 13.0 Å². The van der Waals surface area contributed by atoms with Gasteiger partial charge in [-0.15, -0.1) is 0 Å². The molecule has 0 spiro atoms. The summed E-state index contributed by atoms with van der Waals surface area (Å²) in [6.45, 7) is 3.90. The van der Waals surface area contributed by atoms with Crippen LogP contribution in [0.25, 0.3) is 0 Å². The van der Waals surface area contributed by atoms with Crippen molar-refractivity contribution in [1.82, 2.24) is 30.2 Å². The Bertz CT molecular complexity index is 901. The second-order valence-electron chi connectivity index (χ2n) is 6.94.